The Morgan fingerprint density at radius 3 is 2.67 bits per heavy atom. The number of ether oxygens (including phenoxy) is 1. The Balaban J connectivity index is 2.08. The summed E-state index contributed by atoms with van der Waals surface area (Å²) in [7, 11) is 0. The smallest absolute Gasteiger partial charge is 0.327 e. The quantitative estimate of drug-likeness (QED) is 0.780. The van der Waals surface area contributed by atoms with E-state index >= 15 is 0 Å². The van der Waals surface area contributed by atoms with Crippen molar-refractivity contribution >= 4 is 11.7 Å². The van der Waals surface area contributed by atoms with E-state index in [1.807, 2.05) is 6.92 Å². The molecule has 0 saturated heterocycles. The molecule has 0 heterocycles. The second-order valence-corrected chi connectivity index (χ2v) is 6.23. The van der Waals surface area contributed by atoms with Crippen LogP contribution in [0.3, 0.4) is 0 Å². The third-order valence-corrected chi connectivity index (χ3v) is 4.88. The third kappa shape index (κ3) is 1.96. The zero-order chi connectivity index (χ0) is 13.6. The maximum atomic E-state index is 11.3. The Labute approximate surface area is 108 Å². The van der Waals surface area contributed by atoms with Crippen LogP contribution >= 0.6 is 0 Å². The molecule has 0 aromatic carbocycles. The van der Waals surface area contributed by atoms with Crippen LogP contribution in [0.15, 0.2) is 4.99 Å². The summed E-state index contributed by atoms with van der Waals surface area (Å²) in [6.07, 6.45) is 1.87. The summed E-state index contributed by atoms with van der Waals surface area (Å²) in [6.45, 7) is 8.43. The summed E-state index contributed by atoms with van der Waals surface area (Å²) in [6, 6.07) is 0. The van der Waals surface area contributed by atoms with E-state index < -0.39 is 5.60 Å². The maximum absolute atomic E-state index is 11.3. The van der Waals surface area contributed by atoms with Gasteiger partial charge in [0.1, 0.15) is 12.1 Å². The first-order valence-electron chi connectivity index (χ1n) is 6.72. The molecule has 0 aromatic heterocycles. The van der Waals surface area contributed by atoms with Crippen molar-refractivity contribution in [2.24, 2.45) is 22.2 Å². The van der Waals surface area contributed by atoms with Gasteiger partial charge in [-0.25, -0.2) is 0 Å². The number of aliphatic hydroxyl groups is 1. The fourth-order valence-corrected chi connectivity index (χ4v) is 3.55. The third-order valence-electron chi connectivity index (χ3n) is 4.88. The average molecular weight is 253 g/mol. The van der Waals surface area contributed by atoms with Gasteiger partial charge in [-0.1, -0.05) is 13.8 Å². The van der Waals surface area contributed by atoms with Gasteiger partial charge in [0.2, 0.25) is 0 Å². The monoisotopic (exact) mass is 253 g/mol. The summed E-state index contributed by atoms with van der Waals surface area (Å²) >= 11 is 0. The van der Waals surface area contributed by atoms with E-state index in [2.05, 4.69) is 18.8 Å². The summed E-state index contributed by atoms with van der Waals surface area (Å²) < 4.78 is 4.85. The van der Waals surface area contributed by atoms with Gasteiger partial charge in [0.05, 0.1) is 6.61 Å². The molecule has 0 aliphatic heterocycles. The molecule has 0 spiro atoms. The van der Waals surface area contributed by atoms with Crippen molar-refractivity contribution in [3.63, 3.8) is 0 Å². The highest BCUT2D eigenvalue weighted by atomic mass is 16.5. The normalized spacial score (nSPS) is 39.3. The van der Waals surface area contributed by atoms with E-state index in [0.717, 1.165) is 18.6 Å². The van der Waals surface area contributed by atoms with Crippen LogP contribution in [0.1, 0.15) is 40.5 Å². The highest BCUT2D eigenvalue weighted by Crippen LogP contribution is 2.61. The minimum atomic E-state index is -0.870. The predicted octanol–water partition coefficient (Wildman–Crippen LogP) is 1.81. The Morgan fingerprint density at radius 2 is 2.17 bits per heavy atom. The predicted molar refractivity (Wildman–Crippen MR) is 69.6 cm³/mol. The molecule has 0 aromatic rings. The topological polar surface area (TPSA) is 58.9 Å². The van der Waals surface area contributed by atoms with Crippen molar-refractivity contribution in [3.05, 3.63) is 0 Å². The van der Waals surface area contributed by atoms with Crippen LogP contribution in [0.25, 0.3) is 0 Å². The SMILES string of the molecule is CCOC(=O)CN=C1CC2CC(C2(C)C)[C@@]1(C)O. The molecule has 3 fully saturated rings. The lowest BCUT2D eigenvalue weighted by molar-refractivity contribution is -0.141. The van der Waals surface area contributed by atoms with Gasteiger partial charge in [0.25, 0.3) is 0 Å². The standard InChI is InChI=1S/C14H23NO3/c1-5-18-12(16)8-15-11-7-9-6-10(13(9,2)3)14(11,4)17/h9-10,17H,5-8H2,1-4H3/t9?,10?,14-/m1/s1. The van der Waals surface area contributed by atoms with Gasteiger partial charge in [-0.05, 0) is 43.9 Å². The maximum Gasteiger partial charge on any atom is 0.327 e. The molecule has 0 amide bonds. The summed E-state index contributed by atoms with van der Waals surface area (Å²) in [4.78, 5) is 15.6. The Bertz CT molecular complexity index is 385. The molecule has 0 radical (unpaired) electrons. The lowest BCUT2D eigenvalue weighted by atomic mass is 9.44. The van der Waals surface area contributed by atoms with Crippen molar-refractivity contribution in [1.29, 1.82) is 0 Å². The zero-order valence-corrected chi connectivity index (χ0v) is 11.7. The van der Waals surface area contributed by atoms with Gasteiger partial charge < -0.3 is 9.84 Å². The molecule has 4 heteroatoms. The van der Waals surface area contributed by atoms with Gasteiger partial charge in [0, 0.05) is 5.71 Å². The largest absolute Gasteiger partial charge is 0.465 e. The van der Waals surface area contributed by atoms with Crippen molar-refractivity contribution in [2.75, 3.05) is 13.2 Å². The number of carbonyl (C=O) groups excluding carboxylic acids is 1. The fraction of sp³-hybridized carbons (Fsp3) is 0.857. The van der Waals surface area contributed by atoms with E-state index in [1.165, 1.54) is 0 Å². The Hall–Kier alpha value is -0.900. The molecule has 2 unspecified atom stereocenters. The Kier molecular flexibility index (Phi) is 3.26. The molecule has 3 aliphatic rings. The molecule has 3 saturated carbocycles. The van der Waals surface area contributed by atoms with Crippen molar-refractivity contribution in [2.45, 2.75) is 46.1 Å². The zero-order valence-electron chi connectivity index (χ0n) is 11.7. The van der Waals surface area contributed by atoms with Gasteiger partial charge in [-0.2, -0.15) is 0 Å². The summed E-state index contributed by atoms with van der Waals surface area (Å²) in [5.74, 6) is 0.521. The number of fused-ring (bicyclic) bond motifs is 2. The van der Waals surface area contributed by atoms with E-state index in [0.29, 0.717) is 12.5 Å². The first kappa shape index (κ1) is 13.5. The van der Waals surface area contributed by atoms with Crippen LogP contribution in [-0.4, -0.2) is 35.5 Å². The van der Waals surface area contributed by atoms with Gasteiger partial charge in [-0.15, -0.1) is 0 Å². The van der Waals surface area contributed by atoms with E-state index in [1.54, 1.807) is 6.92 Å². The Morgan fingerprint density at radius 1 is 1.50 bits per heavy atom. The molecular weight excluding hydrogens is 230 g/mol. The van der Waals surface area contributed by atoms with Crippen LogP contribution in [0.4, 0.5) is 0 Å². The molecule has 3 aliphatic carbocycles. The highest BCUT2D eigenvalue weighted by molar-refractivity contribution is 5.95. The van der Waals surface area contributed by atoms with Crippen molar-refractivity contribution in [3.8, 4) is 0 Å². The number of hydrogen-bond donors (Lipinski definition) is 1. The van der Waals surface area contributed by atoms with E-state index in [4.69, 9.17) is 4.74 Å². The first-order valence-corrected chi connectivity index (χ1v) is 6.72. The van der Waals surface area contributed by atoms with Gasteiger partial charge >= 0.3 is 5.97 Å². The molecule has 1 N–H and O–H groups in total. The minimum Gasteiger partial charge on any atom is -0.465 e. The molecule has 102 valence electrons. The van der Waals surface area contributed by atoms with Crippen LogP contribution < -0.4 is 0 Å². The summed E-state index contributed by atoms with van der Waals surface area (Å²) in [5, 5.41) is 10.6. The number of rotatable bonds is 3. The molecule has 4 nitrogen and oxygen atoms in total. The fourth-order valence-electron chi connectivity index (χ4n) is 3.55. The van der Waals surface area contributed by atoms with E-state index in [9.17, 15) is 9.90 Å². The number of nitrogens with zero attached hydrogens (tertiary/aromatic N) is 1. The van der Waals surface area contributed by atoms with Crippen LogP contribution in [-0.2, 0) is 9.53 Å². The molecule has 2 bridgehead atoms. The van der Waals surface area contributed by atoms with Gasteiger partial charge in [-0.3, -0.25) is 9.79 Å². The second kappa shape index (κ2) is 4.34. The highest BCUT2D eigenvalue weighted by Gasteiger charge is 2.61. The minimum absolute atomic E-state index is 0.0270. The van der Waals surface area contributed by atoms with Crippen molar-refractivity contribution < 1.29 is 14.6 Å². The average Bonchev–Trinajstić information content (AvgIpc) is 2.26. The van der Waals surface area contributed by atoms with Crippen LogP contribution in [0.2, 0.25) is 0 Å². The molecule has 18 heavy (non-hydrogen) atoms. The van der Waals surface area contributed by atoms with E-state index in [-0.39, 0.29) is 23.8 Å². The molecule has 3 atom stereocenters. The number of hydrogen-bond acceptors (Lipinski definition) is 4. The second-order valence-electron chi connectivity index (χ2n) is 6.23. The van der Waals surface area contributed by atoms with Gasteiger partial charge in [0.15, 0.2) is 0 Å². The summed E-state index contributed by atoms with van der Waals surface area (Å²) in [5.41, 5.74) is 0.0909. The lowest BCUT2D eigenvalue weighted by Gasteiger charge is -2.62. The van der Waals surface area contributed by atoms with Crippen LogP contribution in [0.5, 0.6) is 0 Å². The van der Waals surface area contributed by atoms with Crippen molar-refractivity contribution in [1.82, 2.24) is 0 Å². The number of carbonyl (C=O) groups is 1. The lowest BCUT2D eigenvalue weighted by Crippen LogP contribution is -2.64. The molecule has 3 rings (SSSR count). The molecular formula is C14H23NO3. The first-order chi connectivity index (χ1) is 8.30. The number of aliphatic imine (C=N–C) groups is 1. The van der Waals surface area contributed by atoms with Crippen LogP contribution in [0, 0.1) is 17.3 Å². The number of esters is 1.